The normalized spacial score (nSPS) is 28.8. The van der Waals surface area contributed by atoms with Crippen molar-refractivity contribution < 1.29 is 17.9 Å². The zero-order chi connectivity index (χ0) is 32.6. The Labute approximate surface area is 273 Å². The van der Waals surface area contributed by atoms with E-state index in [1.165, 1.54) is 6.07 Å². The number of hydrogen-bond donors (Lipinski definition) is 1. The molecule has 0 saturated carbocycles. The number of ether oxygens (including phenoxy) is 1. The SMILES string of the molecule is C=C[C@H]1c2nc(-c3cccc4ccc(F)c(C)c34)c(F)c3nc(OC[C@@]45CCCN4C[C@H](F)C5)nc(c23)N2C[C@@H](CC)NC[C@@H]2[C@H]1C. The average molecular weight is 643 g/mol. The summed E-state index contributed by atoms with van der Waals surface area (Å²) >= 11 is 0. The summed E-state index contributed by atoms with van der Waals surface area (Å²) in [5.74, 6) is -0.521. The Balaban J connectivity index is 1.36. The smallest absolute Gasteiger partial charge is 0.319 e. The molecule has 0 spiro atoms. The van der Waals surface area contributed by atoms with E-state index in [9.17, 15) is 8.78 Å². The van der Waals surface area contributed by atoms with Gasteiger partial charge >= 0.3 is 6.01 Å². The van der Waals surface area contributed by atoms with Crippen molar-refractivity contribution in [1.82, 2.24) is 25.2 Å². The van der Waals surface area contributed by atoms with Gasteiger partial charge in [0.15, 0.2) is 5.82 Å². The lowest BCUT2D eigenvalue weighted by atomic mass is 9.83. The Morgan fingerprint density at radius 1 is 1.13 bits per heavy atom. The summed E-state index contributed by atoms with van der Waals surface area (Å²) in [7, 11) is 0. The Morgan fingerprint density at radius 2 is 1.98 bits per heavy atom. The second-order valence-corrected chi connectivity index (χ2v) is 14.0. The number of halogens is 3. The number of alkyl halides is 1. The molecule has 0 radical (unpaired) electrons. The zero-order valence-corrected chi connectivity index (χ0v) is 27.2. The molecule has 246 valence electrons. The number of nitrogens with one attached hydrogen (secondary N) is 1. The molecule has 3 fully saturated rings. The van der Waals surface area contributed by atoms with Gasteiger partial charge < -0.3 is 15.0 Å². The molecule has 2 aromatic carbocycles. The third-order valence-corrected chi connectivity index (χ3v) is 11.4. The van der Waals surface area contributed by atoms with E-state index in [2.05, 4.69) is 35.5 Å². The number of aryl methyl sites for hydroxylation is 1. The van der Waals surface area contributed by atoms with Gasteiger partial charge in [-0.2, -0.15) is 9.97 Å². The maximum atomic E-state index is 17.2. The van der Waals surface area contributed by atoms with Gasteiger partial charge in [0.25, 0.3) is 0 Å². The van der Waals surface area contributed by atoms with Crippen molar-refractivity contribution in [2.45, 2.75) is 76.2 Å². The van der Waals surface area contributed by atoms with Gasteiger partial charge in [-0.3, -0.25) is 4.90 Å². The van der Waals surface area contributed by atoms with E-state index >= 15 is 4.39 Å². The number of fused-ring (bicyclic) bond motifs is 4. The summed E-state index contributed by atoms with van der Waals surface area (Å²) in [5.41, 5.74) is 1.43. The van der Waals surface area contributed by atoms with E-state index in [-0.39, 0.29) is 53.6 Å². The molecule has 4 aromatic rings. The maximum absolute atomic E-state index is 17.2. The van der Waals surface area contributed by atoms with Crippen molar-refractivity contribution in [3.05, 3.63) is 65.9 Å². The number of aromatic nitrogens is 3. The second-order valence-electron chi connectivity index (χ2n) is 14.0. The van der Waals surface area contributed by atoms with Crippen LogP contribution in [-0.2, 0) is 0 Å². The average Bonchev–Trinajstić information content (AvgIpc) is 3.58. The molecule has 4 aliphatic heterocycles. The molecule has 0 amide bonds. The Kier molecular flexibility index (Phi) is 7.44. The largest absolute Gasteiger partial charge is 0.461 e. The van der Waals surface area contributed by atoms with Crippen molar-refractivity contribution >= 4 is 27.5 Å². The second kappa shape index (κ2) is 11.4. The number of piperazine rings is 1. The van der Waals surface area contributed by atoms with Crippen LogP contribution >= 0.6 is 0 Å². The van der Waals surface area contributed by atoms with Crippen LogP contribution in [0.4, 0.5) is 19.0 Å². The fourth-order valence-electron chi connectivity index (χ4n) is 8.87. The van der Waals surface area contributed by atoms with Gasteiger partial charge in [0.1, 0.15) is 35.6 Å². The molecule has 0 bridgehead atoms. The number of anilines is 1. The lowest BCUT2D eigenvalue weighted by Gasteiger charge is -2.43. The molecule has 0 unspecified atom stereocenters. The number of pyridine rings is 1. The van der Waals surface area contributed by atoms with Crippen molar-refractivity contribution in [3.8, 4) is 17.3 Å². The fraction of sp³-hybridized carbons (Fsp3) is 0.486. The van der Waals surface area contributed by atoms with Crippen LogP contribution in [0.25, 0.3) is 32.9 Å². The predicted octanol–water partition coefficient (Wildman–Crippen LogP) is 6.86. The highest BCUT2D eigenvalue weighted by Gasteiger charge is 2.49. The first-order valence-corrected chi connectivity index (χ1v) is 17.0. The molecule has 6 atom stereocenters. The predicted molar refractivity (Wildman–Crippen MR) is 179 cm³/mol. The summed E-state index contributed by atoms with van der Waals surface area (Å²) in [6, 6.07) is 9.02. The van der Waals surface area contributed by atoms with Crippen molar-refractivity contribution in [3.63, 3.8) is 0 Å². The lowest BCUT2D eigenvalue weighted by molar-refractivity contribution is 0.107. The quantitative estimate of drug-likeness (QED) is 0.231. The third-order valence-electron chi connectivity index (χ3n) is 11.4. The monoisotopic (exact) mass is 642 g/mol. The molecule has 8 rings (SSSR count). The molecular weight excluding hydrogens is 601 g/mol. The van der Waals surface area contributed by atoms with E-state index in [1.807, 2.05) is 18.2 Å². The highest BCUT2D eigenvalue weighted by molar-refractivity contribution is 6.02. The molecule has 6 heterocycles. The summed E-state index contributed by atoms with van der Waals surface area (Å²) in [5, 5.41) is 5.66. The molecule has 47 heavy (non-hydrogen) atoms. The standard InChI is InChI=1S/C37H41F3N6O/c1-5-24-18-46-28(16-41-24)20(3)25(6-2)32-30-34(31(40)33(42-32)26-10-7-9-22-11-12-27(39)21(4)29(22)26)43-36(44-35(30)46)47-19-37-13-8-14-45(37)17-23(38)15-37/h6-7,9-12,20,23-25,28,41H,2,5,8,13-19H2,1,3-4H3/t20-,23+,24+,25+,28+,37-/m0/s1. The van der Waals surface area contributed by atoms with Crippen molar-refractivity contribution in [2.75, 3.05) is 37.7 Å². The van der Waals surface area contributed by atoms with Crippen LogP contribution in [0.2, 0.25) is 0 Å². The first-order valence-electron chi connectivity index (χ1n) is 17.0. The Morgan fingerprint density at radius 3 is 2.79 bits per heavy atom. The van der Waals surface area contributed by atoms with Gasteiger partial charge in [-0.25, -0.2) is 18.2 Å². The summed E-state index contributed by atoms with van der Waals surface area (Å²) in [6.07, 6.45) is 4.17. The van der Waals surface area contributed by atoms with Crippen LogP contribution in [0.1, 0.15) is 56.7 Å². The summed E-state index contributed by atoms with van der Waals surface area (Å²) in [6.45, 7) is 13.2. The molecule has 1 N–H and O–H groups in total. The highest BCUT2D eigenvalue weighted by Crippen LogP contribution is 2.47. The number of rotatable bonds is 6. The number of hydrogen-bond acceptors (Lipinski definition) is 7. The topological polar surface area (TPSA) is 66.4 Å². The van der Waals surface area contributed by atoms with Gasteiger partial charge in [-0.15, -0.1) is 6.58 Å². The Hall–Kier alpha value is -3.76. The molecule has 7 nitrogen and oxygen atoms in total. The highest BCUT2D eigenvalue weighted by atomic mass is 19.1. The van der Waals surface area contributed by atoms with Crippen LogP contribution in [0.3, 0.4) is 0 Å². The number of benzene rings is 2. The summed E-state index contributed by atoms with van der Waals surface area (Å²) < 4.78 is 53.2. The molecule has 2 aromatic heterocycles. The van der Waals surface area contributed by atoms with E-state index in [0.29, 0.717) is 52.9 Å². The van der Waals surface area contributed by atoms with E-state index in [0.717, 1.165) is 37.7 Å². The zero-order valence-electron chi connectivity index (χ0n) is 27.2. The minimum atomic E-state index is -0.895. The van der Waals surface area contributed by atoms with E-state index in [1.54, 1.807) is 19.1 Å². The maximum Gasteiger partial charge on any atom is 0.319 e. The minimum absolute atomic E-state index is 0.0346. The summed E-state index contributed by atoms with van der Waals surface area (Å²) in [4.78, 5) is 19.4. The van der Waals surface area contributed by atoms with Crippen molar-refractivity contribution in [2.24, 2.45) is 5.92 Å². The van der Waals surface area contributed by atoms with Crippen LogP contribution in [0.5, 0.6) is 6.01 Å². The van der Waals surface area contributed by atoms with Gasteiger partial charge in [0, 0.05) is 49.6 Å². The Bertz CT molecular complexity index is 1900. The van der Waals surface area contributed by atoms with Gasteiger partial charge in [0.05, 0.1) is 16.6 Å². The number of nitrogens with zero attached hydrogens (tertiary/aromatic N) is 5. The van der Waals surface area contributed by atoms with Crippen LogP contribution in [0.15, 0.2) is 43.0 Å². The lowest BCUT2D eigenvalue weighted by Crippen LogP contribution is -2.59. The van der Waals surface area contributed by atoms with Crippen LogP contribution in [0, 0.1) is 24.5 Å². The molecule has 4 aliphatic rings. The van der Waals surface area contributed by atoms with Crippen LogP contribution in [-0.4, -0.2) is 76.4 Å². The van der Waals surface area contributed by atoms with Gasteiger partial charge in [-0.1, -0.05) is 44.2 Å². The fourth-order valence-corrected chi connectivity index (χ4v) is 8.87. The molecule has 3 saturated heterocycles. The molecule has 0 aliphatic carbocycles. The number of allylic oxidation sites excluding steroid dienone is 1. The van der Waals surface area contributed by atoms with Crippen molar-refractivity contribution in [1.29, 1.82) is 0 Å². The first-order chi connectivity index (χ1) is 22.7. The first kappa shape index (κ1) is 30.6. The minimum Gasteiger partial charge on any atom is -0.461 e. The molecular formula is C37H41F3N6O. The van der Waals surface area contributed by atoms with Gasteiger partial charge in [0.2, 0.25) is 0 Å². The third kappa shape index (κ3) is 4.73. The van der Waals surface area contributed by atoms with E-state index in [4.69, 9.17) is 19.7 Å². The van der Waals surface area contributed by atoms with E-state index < -0.39 is 17.5 Å². The van der Waals surface area contributed by atoms with Gasteiger partial charge in [-0.05, 0) is 61.1 Å². The van der Waals surface area contributed by atoms with Crippen LogP contribution < -0.4 is 15.0 Å². The molecule has 10 heteroatoms.